The van der Waals surface area contributed by atoms with E-state index in [1.54, 1.807) is 30.3 Å². The molecule has 0 saturated carbocycles. The third kappa shape index (κ3) is 5.24. The van der Waals surface area contributed by atoms with Crippen LogP contribution in [-0.4, -0.2) is 33.5 Å². The van der Waals surface area contributed by atoms with Crippen molar-refractivity contribution in [2.24, 2.45) is 0 Å². The van der Waals surface area contributed by atoms with Crippen LogP contribution in [0.1, 0.15) is 5.56 Å². The van der Waals surface area contributed by atoms with Gasteiger partial charge in [-0.3, -0.25) is 0 Å². The molecule has 3 rings (SSSR count). The smallest absolute Gasteiger partial charge is 0.342 e. The van der Waals surface area contributed by atoms with Crippen LogP contribution in [0.3, 0.4) is 0 Å². The van der Waals surface area contributed by atoms with E-state index in [0.717, 1.165) is 11.8 Å². The van der Waals surface area contributed by atoms with Gasteiger partial charge in [0, 0.05) is 5.02 Å². The van der Waals surface area contributed by atoms with E-state index in [1.807, 2.05) is 22.6 Å². The van der Waals surface area contributed by atoms with E-state index in [1.165, 1.54) is 13.2 Å². The molecule has 0 bridgehead atoms. The maximum Gasteiger partial charge on any atom is 0.342 e. The Morgan fingerprint density at radius 1 is 1.34 bits per heavy atom. The van der Waals surface area contributed by atoms with Gasteiger partial charge in [-0.2, -0.15) is 0 Å². The van der Waals surface area contributed by atoms with Gasteiger partial charge in [-0.05, 0) is 92.3 Å². The predicted molar refractivity (Wildman–Crippen MR) is 121 cm³/mol. The Morgan fingerprint density at radius 2 is 2.10 bits per heavy atom. The number of benzene rings is 2. The maximum absolute atomic E-state index is 11.7. The first kappa shape index (κ1) is 21.9. The minimum atomic E-state index is -1.16. The summed E-state index contributed by atoms with van der Waals surface area (Å²) in [6.07, 6.45) is 1.45. The van der Waals surface area contributed by atoms with Crippen LogP contribution < -0.4 is 4.74 Å². The number of thioether (sulfide) groups is 1. The molecule has 2 N–H and O–H groups in total. The van der Waals surface area contributed by atoms with E-state index in [-0.39, 0.29) is 21.8 Å². The zero-order chi connectivity index (χ0) is 21.1. The molecule has 1 heterocycles. The Hall–Kier alpha value is -1.76. The summed E-state index contributed by atoms with van der Waals surface area (Å²) in [5.74, 6) is -0.427. The van der Waals surface area contributed by atoms with Crippen molar-refractivity contribution in [3.05, 3.63) is 53.9 Å². The third-order valence-electron chi connectivity index (χ3n) is 3.54. The number of carboxylic acid groups (broad SMARTS) is 1. The SMILES string of the molecule is COc1ccc(Cl)cc1-c1nnc(S/C(=C\c2cc(Br)c(O)c(I)c2)C(=O)O)o1. The number of hydrogen-bond donors (Lipinski definition) is 2. The molecule has 0 aliphatic carbocycles. The van der Waals surface area contributed by atoms with Crippen LogP contribution >= 0.6 is 61.9 Å². The van der Waals surface area contributed by atoms with Crippen molar-refractivity contribution in [3.8, 4) is 23.0 Å². The molecule has 0 atom stereocenters. The lowest BCUT2D eigenvalue weighted by Crippen LogP contribution is -1.97. The monoisotopic (exact) mass is 608 g/mol. The number of phenols is 1. The molecule has 0 radical (unpaired) electrons. The molecule has 0 saturated heterocycles. The highest BCUT2D eigenvalue weighted by atomic mass is 127. The summed E-state index contributed by atoms with van der Waals surface area (Å²) < 4.78 is 11.9. The molecule has 0 fully saturated rings. The molecule has 150 valence electrons. The lowest BCUT2D eigenvalue weighted by Gasteiger charge is -2.05. The van der Waals surface area contributed by atoms with E-state index in [9.17, 15) is 15.0 Å². The Labute approximate surface area is 196 Å². The number of aromatic nitrogens is 2. The average molecular weight is 610 g/mol. The van der Waals surface area contributed by atoms with Crippen molar-refractivity contribution in [3.63, 3.8) is 0 Å². The highest BCUT2D eigenvalue weighted by Crippen LogP contribution is 2.36. The van der Waals surface area contributed by atoms with E-state index in [0.29, 0.717) is 29.9 Å². The molecular formula is C18H11BrClIN2O5S. The summed E-state index contributed by atoms with van der Waals surface area (Å²) in [5.41, 5.74) is 1.08. The Kier molecular flexibility index (Phi) is 7.09. The van der Waals surface area contributed by atoms with Crippen molar-refractivity contribution in [1.82, 2.24) is 10.2 Å². The number of nitrogens with zero attached hydrogens (tertiary/aromatic N) is 2. The Balaban J connectivity index is 1.92. The number of ether oxygens (including phenoxy) is 1. The van der Waals surface area contributed by atoms with Crippen LogP contribution in [0, 0.1) is 3.57 Å². The maximum atomic E-state index is 11.7. The van der Waals surface area contributed by atoms with Crippen LogP contribution in [0.2, 0.25) is 5.02 Å². The second-order valence-corrected chi connectivity index (χ2v) is 8.91. The first-order valence-corrected chi connectivity index (χ1v) is 10.8. The number of phenolic OH excluding ortho intramolecular Hbond substituents is 1. The molecule has 29 heavy (non-hydrogen) atoms. The zero-order valence-corrected chi connectivity index (χ0v) is 19.8. The van der Waals surface area contributed by atoms with Crippen LogP contribution in [0.4, 0.5) is 0 Å². The largest absolute Gasteiger partial charge is 0.506 e. The fourth-order valence-corrected chi connectivity index (χ4v) is 4.60. The van der Waals surface area contributed by atoms with Gasteiger partial charge in [-0.25, -0.2) is 4.79 Å². The summed E-state index contributed by atoms with van der Waals surface area (Å²) in [6, 6.07) is 8.21. The molecule has 3 aromatic rings. The second kappa shape index (κ2) is 9.37. The van der Waals surface area contributed by atoms with Crippen molar-refractivity contribution in [2.45, 2.75) is 5.22 Å². The molecule has 0 aliphatic heterocycles. The van der Waals surface area contributed by atoms with Gasteiger partial charge in [0.05, 0.1) is 20.7 Å². The topological polar surface area (TPSA) is 106 Å². The molecule has 0 unspecified atom stereocenters. The van der Waals surface area contributed by atoms with E-state index in [2.05, 4.69) is 26.1 Å². The number of aromatic hydroxyl groups is 1. The molecule has 11 heteroatoms. The highest BCUT2D eigenvalue weighted by Gasteiger charge is 2.18. The standard InChI is InChI=1S/C18H11BrClIN2O5S/c1-27-13-3-2-9(20)7-10(13)16-22-23-18(28-16)29-14(17(25)26)6-8-4-11(19)15(24)12(21)5-8/h2-7,24H,1H3,(H,25,26)/b14-6-. The van der Waals surface area contributed by atoms with E-state index in [4.69, 9.17) is 20.8 Å². The van der Waals surface area contributed by atoms with Gasteiger partial charge < -0.3 is 19.4 Å². The fraction of sp³-hybridized carbons (Fsp3) is 0.0556. The van der Waals surface area contributed by atoms with Crippen LogP contribution in [0.25, 0.3) is 17.5 Å². The molecule has 2 aromatic carbocycles. The first-order chi connectivity index (χ1) is 13.8. The molecular weight excluding hydrogens is 599 g/mol. The fourth-order valence-electron chi connectivity index (χ4n) is 2.26. The van der Waals surface area contributed by atoms with Crippen molar-refractivity contribution in [1.29, 1.82) is 0 Å². The third-order valence-corrected chi connectivity index (χ3v) is 6.06. The molecule has 0 amide bonds. The van der Waals surface area contributed by atoms with E-state index >= 15 is 0 Å². The summed E-state index contributed by atoms with van der Waals surface area (Å²) in [5, 5.41) is 27.8. The molecule has 0 spiro atoms. The second-order valence-electron chi connectivity index (χ2n) is 5.47. The first-order valence-electron chi connectivity index (χ1n) is 7.76. The summed E-state index contributed by atoms with van der Waals surface area (Å²) in [7, 11) is 1.50. The minimum Gasteiger partial charge on any atom is -0.506 e. The molecule has 0 aliphatic rings. The van der Waals surface area contributed by atoms with Gasteiger partial charge in [0.25, 0.3) is 11.1 Å². The lowest BCUT2D eigenvalue weighted by molar-refractivity contribution is -0.131. The number of methoxy groups -OCH3 is 1. The summed E-state index contributed by atoms with van der Waals surface area (Å²) >= 11 is 12.0. The zero-order valence-electron chi connectivity index (χ0n) is 14.5. The quantitative estimate of drug-likeness (QED) is 0.209. The number of carboxylic acids is 1. The molecule has 7 nitrogen and oxygen atoms in total. The number of aliphatic carboxylic acids is 1. The van der Waals surface area contributed by atoms with E-state index < -0.39 is 5.97 Å². The van der Waals surface area contributed by atoms with Crippen LogP contribution in [0.5, 0.6) is 11.5 Å². The van der Waals surface area contributed by atoms with Gasteiger partial charge in [0.2, 0.25) is 0 Å². The number of carbonyl (C=O) groups is 1. The Morgan fingerprint density at radius 3 is 2.76 bits per heavy atom. The van der Waals surface area contributed by atoms with Gasteiger partial charge in [-0.1, -0.05) is 11.6 Å². The van der Waals surface area contributed by atoms with Crippen molar-refractivity contribution < 1.29 is 24.2 Å². The molecule has 1 aromatic heterocycles. The van der Waals surface area contributed by atoms with Gasteiger partial charge in [-0.15, -0.1) is 10.2 Å². The van der Waals surface area contributed by atoms with Gasteiger partial charge in [0.1, 0.15) is 16.4 Å². The van der Waals surface area contributed by atoms with Crippen LogP contribution in [-0.2, 0) is 4.79 Å². The van der Waals surface area contributed by atoms with Crippen molar-refractivity contribution >= 4 is 73.9 Å². The highest BCUT2D eigenvalue weighted by molar-refractivity contribution is 14.1. The number of halogens is 3. The number of hydrogen-bond acceptors (Lipinski definition) is 7. The van der Waals surface area contributed by atoms with Gasteiger partial charge >= 0.3 is 5.97 Å². The minimum absolute atomic E-state index is 0.0355. The number of rotatable bonds is 6. The summed E-state index contributed by atoms with van der Waals surface area (Å²) in [6.45, 7) is 0. The normalized spacial score (nSPS) is 11.5. The van der Waals surface area contributed by atoms with Gasteiger partial charge in [0.15, 0.2) is 0 Å². The average Bonchev–Trinajstić information content (AvgIpc) is 3.14. The predicted octanol–water partition coefficient (Wildman–Crippen LogP) is 5.69. The van der Waals surface area contributed by atoms with Crippen molar-refractivity contribution in [2.75, 3.05) is 7.11 Å². The van der Waals surface area contributed by atoms with Crippen LogP contribution in [0.15, 0.2) is 49.3 Å². The Bertz CT molecular complexity index is 1100. The lowest BCUT2D eigenvalue weighted by atomic mass is 10.2. The summed E-state index contributed by atoms with van der Waals surface area (Å²) in [4.78, 5) is 11.7.